The van der Waals surface area contributed by atoms with Gasteiger partial charge in [-0.15, -0.1) is 0 Å². The van der Waals surface area contributed by atoms with Gasteiger partial charge in [0.05, 0.1) is 18.5 Å². The van der Waals surface area contributed by atoms with Crippen LogP contribution in [0.25, 0.3) is 11.1 Å². The molecule has 2 aromatic rings. The van der Waals surface area contributed by atoms with E-state index in [0.717, 1.165) is 41.5 Å². The van der Waals surface area contributed by atoms with E-state index in [-0.39, 0.29) is 25.5 Å². The average Bonchev–Trinajstić information content (AvgIpc) is 3.14. The van der Waals surface area contributed by atoms with E-state index in [1.807, 2.05) is 24.3 Å². The molecule has 0 unspecified atom stereocenters. The Morgan fingerprint density at radius 1 is 0.971 bits per heavy atom. The normalized spacial score (nSPS) is 15.8. The molecule has 2 aliphatic rings. The zero-order chi connectivity index (χ0) is 24.0. The maximum absolute atomic E-state index is 12.3. The third-order valence-electron chi connectivity index (χ3n) is 6.55. The maximum atomic E-state index is 12.3. The Labute approximate surface area is 198 Å². The SMILES string of the molecule is O=C(O)CC1(NC(=O)C#CCNC(=O)OCC2c3ccccc3-c3ccccc32)CCCCC1. The molecule has 3 N–H and O–H groups in total. The molecule has 2 aliphatic carbocycles. The first-order valence-electron chi connectivity index (χ1n) is 11.6. The molecule has 4 rings (SSSR count). The Hall–Kier alpha value is -3.79. The van der Waals surface area contributed by atoms with E-state index in [1.165, 1.54) is 0 Å². The quantitative estimate of drug-likeness (QED) is 0.569. The molecule has 2 amide bonds. The van der Waals surface area contributed by atoms with Crippen LogP contribution in [0, 0.1) is 11.8 Å². The van der Waals surface area contributed by atoms with Crippen molar-refractivity contribution in [3.63, 3.8) is 0 Å². The van der Waals surface area contributed by atoms with E-state index in [0.29, 0.717) is 12.8 Å². The van der Waals surface area contributed by atoms with E-state index >= 15 is 0 Å². The van der Waals surface area contributed by atoms with Gasteiger partial charge < -0.3 is 20.5 Å². The molecular formula is C27H28N2O5. The first-order valence-corrected chi connectivity index (χ1v) is 11.6. The van der Waals surface area contributed by atoms with Gasteiger partial charge in [-0.1, -0.05) is 73.7 Å². The van der Waals surface area contributed by atoms with Gasteiger partial charge in [-0.3, -0.25) is 9.59 Å². The van der Waals surface area contributed by atoms with Crippen LogP contribution in [0.1, 0.15) is 55.6 Å². The van der Waals surface area contributed by atoms with Gasteiger partial charge in [0.15, 0.2) is 0 Å². The van der Waals surface area contributed by atoms with E-state index in [1.54, 1.807) is 0 Å². The summed E-state index contributed by atoms with van der Waals surface area (Å²) in [6.45, 7) is 0.154. The fourth-order valence-corrected chi connectivity index (χ4v) is 5.03. The number of carboxylic acid groups (broad SMARTS) is 1. The summed E-state index contributed by atoms with van der Waals surface area (Å²) < 4.78 is 5.44. The smallest absolute Gasteiger partial charge is 0.407 e. The van der Waals surface area contributed by atoms with Crippen LogP contribution < -0.4 is 10.6 Å². The van der Waals surface area contributed by atoms with Crippen molar-refractivity contribution in [2.24, 2.45) is 0 Å². The lowest BCUT2D eigenvalue weighted by Crippen LogP contribution is -2.50. The second kappa shape index (κ2) is 10.4. The second-order valence-electron chi connectivity index (χ2n) is 8.85. The summed E-state index contributed by atoms with van der Waals surface area (Å²) >= 11 is 0. The van der Waals surface area contributed by atoms with Gasteiger partial charge >= 0.3 is 12.1 Å². The molecule has 7 heteroatoms. The van der Waals surface area contributed by atoms with Crippen LogP contribution in [0.2, 0.25) is 0 Å². The van der Waals surface area contributed by atoms with Crippen LogP contribution >= 0.6 is 0 Å². The minimum Gasteiger partial charge on any atom is -0.481 e. The summed E-state index contributed by atoms with van der Waals surface area (Å²) in [5.74, 6) is 3.56. The molecule has 0 radical (unpaired) electrons. The highest BCUT2D eigenvalue weighted by molar-refractivity contribution is 5.94. The number of ether oxygens (including phenoxy) is 1. The van der Waals surface area contributed by atoms with Gasteiger partial charge in [-0.2, -0.15) is 0 Å². The van der Waals surface area contributed by atoms with E-state index in [9.17, 15) is 19.5 Å². The van der Waals surface area contributed by atoms with Crippen molar-refractivity contribution in [3.8, 4) is 23.0 Å². The maximum Gasteiger partial charge on any atom is 0.407 e. The second-order valence-corrected chi connectivity index (χ2v) is 8.85. The van der Waals surface area contributed by atoms with Crippen LogP contribution in [0.5, 0.6) is 0 Å². The summed E-state index contributed by atoms with van der Waals surface area (Å²) in [5.41, 5.74) is 3.83. The first kappa shape index (κ1) is 23.4. The molecule has 0 bridgehead atoms. The molecule has 176 valence electrons. The van der Waals surface area contributed by atoms with Crippen molar-refractivity contribution in [1.29, 1.82) is 0 Å². The van der Waals surface area contributed by atoms with E-state index < -0.39 is 23.5 Å². The van der Waals surface area contributed by atoms with Gasteiger partial charge in [-0.05, 0) is 41.0 Å². The number of benzene rings is 2. The van der Waals surface area contributed by atoms with Gasteiger partial charge in [0.25, 0.3) is 5.91 Å². The fraction of sp³-hybridized carbons (Fsp3) is 0.370. The van der Waals surface area contributed by atoms with E-state index in [2.05, 4.69) is 46.7 Å². The number of fused-ring (bicyclic) bond motifs is 3. The molecule has 0 heterocycles. The van der Waals surface area contributed by atoms with Crippen molar-refractivity contribution in [1.82, 2.24) is 10.6 Å². The van der Waals surface area contributed by atoms with Crippen molar-refractivity contribution < 1.29 is 24.2 Å². The average molecular weight is 461 g/mol. The Morgan fingerprint density at radius 2 is 1.59 bits per heavy atom. The molecule has 0 atom stereocenters. The minimum atomic E-state index is -0.938. The monoisotopic (exact) mass is 460 g/mol. The number of alkyl carbamates (subject to hydrolysis) is 1. The number of amides is 2. The number of hydrogen-bond acceptors (Lipinski definition) is 4. The zero-order valence-electron chi connectivity index (χ0n) is 18.9. The molecule has 1 saturated carbocycles. The van der Waals surface area contributed by atoms with Crippen LogP contribution in [0.4, 0.5) is 4.79 Å². The largest absolute Gasteiger partial charge is 0.481 e. The number of carboxylic acids is 1. The lowest BCUT2D eigenvalue weighted by molar-refractivity contribution is -0.139. The van der Waals surface area contributed by atoms with Crippen molar-refractivity contribution in [2.75, 3.05) is 13.2 Å². The van der Waals surface area contributed by atoms with Crippen molar-refractivity contribution >= 4 is 18.0 Å². The lowest BCUT2D eigenvalue weighted by Gasteiger charge is -2.36. The van der Waals surface area contributed by atoms with Crippen molar-refractivity contribution in [3.05, 3.63) is 59.7 Å². The summed E-state index contributed by atoms with van der Waals surface area (Å²) in [6.07, 6.45) is 3.33. The third kappa shape index (κ3) is 5.40. The van der Waals surface area contributed by atoms with Gasteiger partial charge in [0, 0.05) is 5.92 Å². The summed E-state index contributed by atoms with van der Waals surface area (Å²) in [6, 6.07) is 16.2. The van der Waals surface area contributed by atoms with Gasteiger partial charge in [0.1, 0.15) is 6.61 Å². The molecule has 1 fully saturated rings. The van der Waals surface area contributed by atoms with E-state index in [4.69, 9.17) is 4.74 Å². The molecule has 7 nitrogen and oxygen atoms in total. The Balaban J connectivity index is 1.27. The molecular weight excluding hydrogens is 432 g/mol. The number of rotatable bonds is 6. The molecule has 0 aliphatic heterocycles. The van der Waals surface area contributed by atoms with Gasteiger partial charge in [0.2, 0.25) is 0 Å². The topological polar surface area (TPSA) is 105 Å². The van der Waals surface area contributed by atoms with Crippen LogP contribution in [-0.4, -0.2) is 41.8 Å². The predicted octanol–water partition coefficient (Wildman–Crippen LogP) is 3.82. The Morgan fingerprint density at radius 3 is 2.21 bits per heavy atom. The number of carbonyl (C=O) groups is 3. The Bertz CT molecular complexity index is 1100. The summed E-state index contributed by atoms with van der Waals surface area (Å²) in [5, 5.41) is 14.5. The molecule has 0 spiro atoms. The highest BCUT2D eigenvalue weighted by atomic mass is 16.5. The fourth-order valence-electron chi connectivity index (χ4n) is 5.03. The standard InChI is InChI=1S/C27H28N2O5/c30-24(29-27(17-25(31)32)14-6-1-7-15-27)13-8-16-28-26(33)34-18-23-21-11-4-2-9-19(21)20-10-3-5-12-22(20)23/h2-5,9-12,23H,1,6-7,14-18H2,(H,28,33)(H,29,30)(H,31,32). The van der Waals surface area contributed by atoms with Crippen LogP contribution in [0.3, 0.4) is 0 Å². The van der Waals surface area contributed by atoms with Crippen LogP contribution in [0.15, 0.2) is 48.5 Å². The predicted molar refractivity (Wildman–Crippen MR) is 127 cm³/mol. The summed E-state index contributed by atoms with van der Waals surface area (Å²) in [4.78, 5) is 35.7. The zero-order valence-corrected chi connectivity index (χ0v) is 18.9. The molecule has 34 heavy (non-hydrogen) atoms. The van der Waals surface area contributed by atoms with Gasteiger partial charge in [-0.25, -0.2) is 4.79 Å². The number of hydrogen-bond donors (Lipinski definition) is 3. The minimum absolute atomic E-state index is 0.0315. The number of nitrogens with one attached hydrogen (secondary N) is 2. The molecule has 0 aromatic heterocycles. The molecule has 0 saturated heterocycles. The lowest BCUT2D eigenvalue weighted by atomic mass is 9.79. The molecule has 2 aromatic carbocycles. The number of carbonyl (C=O) groups excluding carboxylic acids is 2. The summed E-state index contributed by atoms with van der Waals surface area (Å²) in [7, 11) is 0. The van der Waals surface area contributed by atoms with Crippen molar-refractivity contribution in [2.45, 2.75) is 50.0 Å². The number of aliphatic carboxylic acids is 1. The highest BCUT2D eigenvalue weighted by Crippen LogP contribution is 2.44. The third-order valence-corrected chi connectivity index (χ3v) is 6.55. The Kier molecular flexibility index (Phi) is 7.17. The first-order chi connectivity index (χ1) is 16.5. The van der Waals surface area contributed by atoms with Crippen LogP contribution in [-0.2, 0) is 14.3 Å². The highest BCUT2D eigenvalue weighted by Gasteiger charge is 2.35.